The Morgan fingerprint density at radius 2 is 2.14 bits per heavy atom. The molecule has 0 spiro atoms. The number of rotatable bonds is 8. The fraction of sp³-hybridized carbons (Fsp3) is 0.696. The fourth-order valence-electron chi connectivity index (χ4n) is 4.21. The fourth-order valence-corrected chi connectivity index (χ4v) is 5.11. The van der Waals surface area contributed by atoms with Gasteiger partial charge in [-0.1, -0.05) is 30.7 Å². The Balaban J connectivity index is 1.86. The second-order valence-corrected chi connectivity index (χ2v) is 9.39. The van der Waals surface area contributed by atoms with Crippen LogP contribution in [0.5, 0.6) is 0 Å². The Labute approximate surface area is 174 Å². The predicted octanol–water partition coefficient (Wildman–Crippen LogP) is 3.11. The molecule has 6 atom stereocenters. The van der Waals surface area contributed by atoms with Gasteiger partial charge in [0.1, 0.15) is 0 Å². The normalized spacial score (nSPS) is 30.1. The summed E-state index contributed by atoms with van der Waals surface area (Å²) in [6, 6.07) is 0. The van der Waals surface area contributed by atoms with E-state index in [1.165, 1.54) is 5.57 Å². The molecule has 2 fully saturated rings. The molecule has 0 bridgehead atoms. The van der Waals surface area contributed by atoms with E-state index in [1.54, 1.807) is 30.8 Å². The van der Waals surface area contributed by atoms with E-state index in [1.807, 2.05) is 26.0 Å². The first kappa shape index (κ1) is 23.1. The third kappa shape index (κ3) is 6.40. The van der Waals surface area contributed by atoms with E-state index in [-0.39, 0.29) is 23.8 Å². The van der Waals surface area contributed by atoms with E-state index in [2.05, 4.69) is 17.9 Å². The number of carbonyl (C=O) groups excluding carboxylic acids is 1. The Kier molecular flexibility index (Phi) is 9.14. The Morgan fingerprint density at radius 1 is 1.39 bits per heavy atom. The molecule has 5 heteroatoms. The van der Waals surface area contributed by atoms with Crippen molar-refractivity contribution in [2.45, 2.75) is 51.7 Å². The van der Waals surface area contributed by atoms with Gasteiger partial charge in [-0.05, 0) is 43.9 Å². The molecule has 0 aromatic carbocycles. The molecule has 2 N–H and O–H groups in total. The molecule has 0 radical (unpaired) electrons. The molecule has 0 aromatic heterocycles. The van der Waals surface area contributed by atoms with Gasteiger partial charge >= 0.3 is 0 Å². The van der Waals surface area contributed by atoms with Crippen LogP contribution in [0.15, 0.2) is 23.8 Å². The molecule has 1 amide bonds. The third-order valence-electron chi connectivity index (χ3n) is 6.04. The Morgan fingerprint density at radius 3 is 2.82 bits per heavy atom. The van der Waals surface area contributed by atoms with Gasteiger partial charge in [0.2, 0.25) is 5.91 Å². The van der Waals surface area contributed by atoms with Crippen LogP contribution in [0.25, 0.3) is 0 Å². The average molecular weight is 406 g/mol. The van der Waals surface area contributed by atoms with Crippen molar-refractivity contribution in [3.05, 3.63) is 23.8 Å². The van der Waals surface area contributed by atoms with Gasteiger partial charge in [0.15, 0.2) is 0 Å². The van der Waals surface area contributed by atoms with E-state index < -0.39 is 6.10 Å². The molecule has 0 unspecified atom stereocenters. The van der Waals surface area contributed by atoms with Crippen molar-refractivity contribution in [3.8, 4) is 11.8 Å². The molecule has 2 saturated carbocycles. The SMILES string of the molecule is CC#CC[C@H](C)[C@H](O)/C=C/[C@@H]1[C@H]2C/C(=C/CSCC(=O)N(C)C)C[C@H]2C[C@H]1O. The summed E-state index contributed by atoms with van der Waals surface area (Å²) in [7, 11) is 3.57. The van der Waals surface area contributed by atoms with Crippen molar-refractivity contribution in [2.75, 3.05) is 25.6 Å². The van der Waals surface area contributed by atoms with Crippen molar-refractivity contribution in [1.29, 1.82) is 0 Å². The number of hydrogen-bond acceptors (Lipinski definition) is 4. The first-order valence-electron chi connectivity index (χ1n) is 10.2. The van der Waals surface area contributed by atoms with Crippen LogP contribution >= 0.6 is 11.8 Å². The molecule has 0 saturated heterocycles. The summed E-state index contributed by atoms with van der Waals surface area (Å²) >= 11 is 1.65. The molecule has 156 valence electrons. The van der Waals surface area contributed by atoms with E-state index in [4.69, 9.17) is 0 Å². The number of carbonyl (C=O) groups is 1. The minimum atomic E-state index is -0.519. The first-order valence-corrected chi connectivity index (χ1v) is 11.4. The summed E-state index contributed by atoms with van der Waals surface area (Å²) < 4.78 is 0. The van der Waals surface area contributed by atoms with E-state index in [0.717, 1.165) is 25.0 Å². The smallest absolute Gasteiger partial charge is 0.232 e. The van der Waals surface area contributed by atoms with Crippen molar-refractivity contribution < 1.29 is 15.0 Å². The molecular formula is C23H35NO3S. The lowest BCUT2D eigenvalue weighted by Gasteiger charge is -2.19. The maximum absolute atomic E-state index is 11.6. The quantitative estimate of drug-likeness (QED) is 0.370. The second-order valence-electron chi connectivity index (χ2n) is 8.36. The molecule has 0 aliphatic heterocycles. The van der Waals surface area contributed by atoms with Gasteiger partial charge in [-0.15, -0.1) is 23.6 Å². The Hall–Kier alpha value is -1.22. The highest BCUT2D eigenvalue weighted by atomic mass is 32.2. The van der Waals surface area contributed by atoms with Gasteiger partial charge < -0.3 is 15.1 Å². The van der Waals surface area contributed by atoms with Gasteiger partial charge in [-0.25, -0.2) is 0 Å². The van der Waals surface area contributed by atoms with Gasteiger partial charge in [0.25, 0.3) is 0 Å². The number of aliphatic hydroxyl groups is 2. The van der Waals surface area contributed by atoms with Gasteiger partial charge in [0, 0.05) is 32.2 Å². The van der Waals surface area contributed by atoms with Crippen molar-refractivity contribution in [3.63, 3.8) is 0 Å². The van der Waals surface area contributed by atoms with Crippen molar-refractivity contribution in [1.82, 2.24) is 4.90 Å². The molecule has 2 aliphatic rings. The van der Waals surface area contributed by atoms with Crippen LogP contribution in [-0.4, -0.2) is 58.8 Å². The predicted molar refractivity (Wildman–Crippen MR) is 117 cm³/mol. The van der Waals surface area contributed by atoms with Crippen LogP contribution in [0.2, 0.25) is 0 Å². The third-order valence-corrected chi connectivity index (χ3v) is 6.89. The first-order chi connectivity index (χ1) is 13.3. The lowest BCUT2D eigenvalue weighted by atomic mass is 9.89. The standard InChI is InChI=1S/C23H35NO3S/c1-5-6-7-16(2)21(25)9-8-19-20-13-17(12-18(20)14-22(19)26)10-11-28-15-23(27)24(3)4/h8-10,16,18-22,25-26H,7,11-15H2,1-4H3/b9-8+,17-10+/t16-,18-,19+,20-,21+,22+/m0/s1. The summed E-state index contributed by atoms with van der Waals surface area (Å²) in [5.74, 6) is 8.64. The molecule has 28 heavy (non-hydrogen) atoms. The Bertz CT molecular complexity index is 646. The zero-order valence-electron chi connectivity index (χ0n) is 17.6. The summed E-state index contributed by atoms with van der Waals surface area (Å²) in [6.07, 6.45) is 8.96. The highest BCUT2D eigenvalue weighted by molar-refractivity contribution is 8.00. The van der Waals surface area contributed by atoms with Crippen LogP contribution < -0.4 is 0 Å². The lowest BCUT2D eigenvalue weighted by molar-refractivity contribution is -0.125. The largest absolute Gasteiger partial charge is 0.392 e. The lowest BCUT2D eigenvalue weighted by Crippen LogP contribution is -2.23. The molecule has 4 nitrogen and oxygen atoms in total. The summed E-state index contributed by atoms with van der Waals surface area (Å²) in [6.45, 7) is 3.82. The second kappa shape index (κ2) is 11.1. The number of fused-ring (bicyclic) bond motifs is 1. The number of aliphatic hydroxyl groups excluding tert-OH is 2. The number of amides is 1. The van der Waals surface area contributed by atoms with E-state index >= 15 is 0 Å². The number of hydrogen-bond donors (Lipinski definition) is 2. The van der Waals surface area contributed by atoms with Crippen molar-refractivity contribution >= 4 is 17.7 Å². The average Bonchev–Trinajstić information content (AvgIpc) is 3.17. The van der Waals surface area contributed by atoms with Crippen molar-refractivity contribution in [2.24, 2.45) is 23.7 Å². The maximum atomic E-state index is 11.6. The maximum Gasteiger partial charge on any atom is 0.232 e. The van der Waals surface area contributed by atoms with Gasteiger partial charge in [0.05, 0.1) is 18.0 Å². The van der Waals surface area contributed by atoms with E-state index in [0.29, 0.717) is 24.0 Å². The van der Waals surface area contributed by atoms with Gasteiger partial charge in [-0.3, -0.25) is 4.79 Å². The minimum absolute atomic E-state index is 0.0963. The molecular weight excluding hydrogens is 370 g/mol. The summed E-state index contributed by atoms with van der Waals surface area (Å²) in [5, 5.41) is 20.8. The van der Waals surface area contributed by atoms with Crippen LogP contribution in [0.3, 0.4) is 0 Å². The topological polar surface area (TPSA) is 60.8 Å². The molecule has 2 rings (SSSR count). The number of allylic oxidation sites excluding steroid dienone is 1. The van der Waals surface area contributed by atoms with Crippen LogP contribution in [0.4, 0.5) is 0 Å². The molecule has 0 aromatic rings. The summed E-state index contributed by atoms with van der Waals surface area (Å²) in [4.78, 5) is 13.3. The summed E-state index contributed by atoms with van der Waals surface area (Å²) in [5.41, 5.74) is 1.46. The monoisotopic (exact) mass is 405 g/mol. The highest BCUT2D eigenvalue weighted by Gasteiger charge is 2.44. The molecule has 2 aliphatic carbocycles. The van der Waals surface area contributed by atoms with Crippen LogP contribution in [-0.2, 0) is 4.79 Å². The number of thioether (sulfide) groups is 1. The number of nitrogens with zero attached hydrogens (tertiary/aromatic N) is 1. The van der Waals surface area contributed by atoms with E-state index in [9.17, 15) is 15.0 Å². The van der Waals surface area contributed by atoms with Crippen LogP contribution in [0, 0.1) is 35.5 Å². The highest BCUT2D eigenvalue weighted by Crippen LogP contribution is 2.50. The zero-order valence-corrected chi connectivity index (χ0v) is 18.4. The zero-order chi connectivity index (χ0) is 20.7. The molecule has 0 heterocycles. The van der Waals surface area contributed by atoms with Crippen LogP contribution in [0.1, 0.15) is 39.5 Å². The van der Waals surface area contributed by atoms with Gasteiger partial charge in [-0.2, -0.15) is 0 Å². The minimum Gasteiger partial charge on any atom is -0.392 e.